The monoisotopic (exact) mass is 284 g/mol. The van der Waals surface area contributed by atoms with Crippen LogP contribution in [0.2, 0.25) is 0 Å². The molecule has 0 saturated heterocycles. The molecule has 6 heteroatoms. The molecule has 0 bridgehead atoms. The molecule has 2 heterocycles. The summed E-state index contributed by atoms with van der Waals surface area (Å²) >= 11 is 0. The van der Waals surface area contributed by atoms with Gasteiger partial charge in [-0.2, -0.15) is 0 Å². The SMILES string of the molecule is C[C@@H](c1ccccc1)c1nc2c([nH]1)c(=O)n(C)c(=O)n2C. The first kappa shape index (κ1) is 13.4. The molecule has 0 radical (unpaired) electrons. The number of nitrogens with zero attached hydrogens (tertiary/aromatic N) is 3. The fourth-order valence-corrected chi connectivity index (χ4v) is 2.45. The first-order chi connectivity index (χ1) is 10.0. The summed E-state index contributed by atoms with van der Waals surface area (Å²) in [6.45, 7) is 2.01. The van der Waals surface area contributed by atoms with E-state index in [4.69, 9.17) is 0 Å². The van der Waals surface area contributed by atoms with E-state index in [2.05, 4.69) is 9.97 Å². The van der Waals surface area contributed by atoms with Gasteiger partial charge in [0.1, 0.15) is 11.3 Å². The number of aromatic amines is 1. The van der Waals surface area contributed by atoms with Crippen molar-refractivity contribution in [3.8, 4) is 0 Å². The van der Waals surface area contributed by atoms with Crippen LogP contribution >= 0.6 is 0 Å². The zero-order chi connectivity index (χ0) is 15.1. The van der Waals surface area contributed by atoms with Gasteiger partial charge in [0.15, 0.2) is 5.65 Å². The second kappa shape index (κ2) is 4.73. The molecule has 0 unspecified atom stereocenters. The molecule has 0 spiro atoms. The highest BCUT2D eigenvalue weighted by Gasteiger charge is 2.17. The standard InChI is InChI=1S/C15H16N4O2/c1-9(10-7-5-4-6-8-10)12-16-11-13(17-12)18(2)15(21)19(3)14(11)20/h4-9H,1-3H3,(H,16,17)/t9-/m0/s1. The molecule has 6 nitrogen and oxygen atoms in total. The van der Waals surface area contributed by atoms with Gasteiger partial charge in [0, 0.05) is 20.0 Å². The number of benzene rings is 1. The first-order valence-electron chi connectivity index (χ1n) is 6.71. The Morgan fingerprint density at radius 3 is 2.43 bits per heavy atom. The molecular formula is C15H16N4O2. The number of imidazole rings is 1. The summed E-state index contributed by atoms with van der Waals surface area (Å²) < 4.78 is 2.46. The quantitative estimate of drug-likeness (QED) is 0.766. The van der Waals surface area contributed by atoms with Crippen LogP contribution in [0.4, 0.5) is 0 Å². The van der Waals surface area contributed by atoms with Gasteiger partial charge in [-0.25, -0.2) is 9.78 Å². The molecule has 0 aliphatic heterocycles. The van der Waals surface area contributed by atoms with Crippen LogP contribution in [0.5, 0.6) is 0 Å². The molecule has 0 aliphatic carbocycles. The van der Waals surface area contributed by atoms with Gasteiger partial charge in [0.2, 0.25) is 0 Å². The average Bonchev–Trinajstić information content (AvgIpc) is 2.96. The van der Waals surface area contributed by atoms with Crippen molar-refractivity contribution in [2.75, 3.05) is 0 Å². The van der Waals surface area contributed by atoms with Crippen LogP contribution in [0.3, 0.4) is 0 Å². The highest BCUT2D eigenvalue weighted by molar-refractivity contribution is 5.70. The highest BCUT2D eigenvalue weighted by Crippen LogP contribution is 2.22. The Bertz CT molecular complexity index is 918. The minimum absolute atomic E-state index is 0.0124. The molecule has 0 saturated carbocycles. The van der Waals surface area contributed by atoms with Crippen LogP contribution in [0, 0.1) is 0 Å². The Hall–Kier alpha value is -2.63. The maximum Gasteiger partial charge on any atom is 0.332 e. The van der Waals surface area contributed by atoms with Crippen molar-refractivity contribution in [2.45, 2.75) is 12.8 Å². The van der Waals surface area contributed by atoms with Crippen molar-refractivity contribution in [1.82, 2.24) is 19.1 Å². The van der Waals surface area contributed by atoms with Crippen molar-refractivity contribution in [3.63, 3.8) is 0 Å². The third-order valence-corrected chi connectivity index (χ3v) is 3.82. The topological polar surface area (TPSA) is 72.7 Å². The molecule has 2 aromatic heterocycles. The van der Waals surface area contributed by atoms with E-state index in [9.17, 15) is 9.59 Å². The van der Waals surface area contributed by atoms with E-state index >= 15 is 0 Å². The summed E-state index contributed by atoms with van der Waals surface area (Å²) in [4.78, 5) is 31.6. The molecule has 0 fully saturated rings. The zero-order valence-electron chi connectivity index (χ0n) is 12.1. The summed E-state index contributed by atoms with van der Waals surface area (Å²) in [5, 5.41) is 0. The first-order valence-corrected chi connectivity index (χ1v) is 6.71. The predicted molar refractivity (Wildman–Crippen MR) is 80.5 cm³/mol. The zero-order valence-corrected chi connectivity index (χ0v) is 12.1. The largest absolute Gasteiger partial charge is 0.336 e. The Morgan fingerprint density at radius 1 is 1.10 bits per heavy atom. The summed E-state index contributed by atoms with van der Waals surface area (Å²) in [7, 11) is 3.08. The lowest BCUT2D eigenvalue weighted by atomic mass is 10.0. The molecule has 108 valence electrons. The summed E-state index contributed by atoms with van der Waals surface area (Å²) in [5.74, 6) is 0.688. The summed E-state index contributed by atoms with van der Waals surface area (Å²) in [6.07, 6.45) is 0. The normalized spacial score (nSPS) is 12.7. The Kier molecular flexibility index (Phi) is 3.01. The van der Waals surface area contributed by atoms with E-state index in [1.165, 1.54) is 11.6 Å². The Labute approximate surface area is 120 Å². The molecule has 3 rings (SSSR count). The fourth-order valence-electron chi connectivity index (χ4n) is 2.45. The Morgan fingerprint density at radius 2 is 1.76 bits per heavy atom. The van der Waals surface area contributed by atoms with Gasteiger partial charge in [-0.05, 0) is 5.56 Å². The van der Waals surface area contributed by atoms with Crippen LogP contribution in [0.15, 0.2) is 39.9 Å². The number of fused-ring (bicyclic) bond motifs is 1. The molecule has 1 aromatic carbocycles. The predicted octanol–water partition coefficient (Wildman–Crippen LogP) is 1.11. The van der Waals surface area contributed by atoms with Gasteiger partial charge in [0.25, 0.3) is 5.56 Å². The lowest BCUT2D eigenvalue weighted by Gasteiger charge is -2.07. The van der Waals surface area contributed by atoms with Crippen LogP contribution in [-0.2, 0) is 14.1 Å². The van der Waals surface area contributed by atoms with Gasteiger partial charge >= 0.3 is 5.69 Å². The van der Waals surface area contributed by atoms with Crippen LogP contribution < -0.4 is 11.2 Å². The summed E-state index contributed by atoms with van der Waals surface area (Å²) in [6, 6.07) is 9.89. The third kappa shape index (κ3) is 1.99. The Balaban J connectivity index is 2.23. The second-order valence-corrected chi connectivity index (χ2v) is 5.16. The van der Waals surface area contributed by atoms with Crippen molar-refractivity contribution < 1.29 is 0 Å². The molecule has 21 heavy (non-hydrogen) atoms. The van der Waals surface area contributed by atoms with E-state index in [1.807, 2.05) is 37.3 Å². The van der Waals surface area contributed by atoms with Crippen LogP contribution in [0.1, 0.15) is 24.2 Å². The number of H-pyrrole nitrogens is 1. The lowest BCUT2D eigenvalue weighted by molar-refractivity contribution is 0.708. The molecule has 1 atom stereocenters. The number of nitrogens with one attached hydrogen (secondary N) is 1. The van der Waals surface area contributed by atoms with Crippen molar-refractivity contribution in [1.29, 1.82) is 0 Å². The molecule has 3 aromatic rings. The van der Waals surface area contributed by atoms with E-state index in [-0.39, 0.29) is 17.2 Å². The van der Waals surface area contributed by atoms with Gasteiger partial charge < -0.3 is 4.98 Å². The van der Waals surface area contributed by atoms with Gasteiger partial charge in [0.05, 0.1) is 0 Å². The fraction of sp³-hybridized carbons (Fsp3) is 0.267. The maximum atomic E-state index is 12.2. The molecule has 1 N–H and O–H groups in total. The minimum atomic E-state index is -0.377. The number of aromatic nitrogens is 4. The van der Waals surface area contributed by atoms with Crippen molar-refractivity contribution >= 4 is 11.2 Å². The smallest absolute Gasteiger partial charge is 0.332 e. The third-order valence-electron chi connectivity index (χ3n) is 3.82. The molecular weight excluding hydrogens is 268 g/mol. The number of hydrogen-bond donors (Lipinski definition) is 1. The van der Waals surface area contributed by atoms with Crippen molar-refractivity contribution in [2.24, 2.45) is 14.1 Å². The number of aryl methyl sites for hydroxylation is 1. The number of rotatable bonds is 2. The lowest BCUT2D eigenvalue weighted by Crippen LogP contribution is -2.36. The second-order valence-electron chi connectivity index (χ2n) is 5.16. The average molecular weight is 284 g/mol. The molecule has 0 amide bonds. The number of hydrogen-bond acceptors (Lipinski definition) is 3. The minimum Gasteiger partial charge on any atom is -0.336 e. The highest BCUT2D eigenvalue weighted by atomic mass is 16.2. The van der Waals surface area contributed by atoms with Gasteiger partial charge in [-0.3, -0.25) is 13.9 Å². The van der Waals surface area contributed by atoms with E-state index in [0.717, 1.165) is 10.1 Å². The van der Waals surface area contributed by atoms with Crippen LogP contribution in [0.25, 0.3) is 11.2 Å². The summed E-state index contributed by atoms with van der Waals surface area (Å²) in [5.41, 5.74) is 1.11. The molecule has 0 aliphatic rings. The van der Waals surface area contributed by atoms with Gasteiger partial charge in [-0.15, -0.1) is 0 Å². The maximum absolute atomic E-state index is 12.2. The van der Waals surface area contributed by atoms with E-state index in [0.29, 0.717) is 17.0 Å². The van der Waals surface area contributed by atoms with E-state index in [1.54, 1.807) is 7.05 Å². The van der Waals surface area contributed by atoms with Crippen molar-refractivity contribution in [3.05, 3.63) is 62.6 Å². The van der Waals surface area contributed by atoms with E-state index < -0.39 is 0 Å². The van der Waals surface area contributed by atoms with Crippen LogP contribution in [-0.4, -0.2) is 19.1 Å². The van der Waals surface area contributed by atoms with Gasteiger partial charge in [-0.1, -0.05) is 37.3 Å².